The van der Waals surface area contributed by atoms with Gasteiger partial charge in [-0.15, -0.1) is 0 Å². The van der Waals surface area contributed by atoms with Gasteiger partial charge in [0.1, 0.15) is 0 Å². The van der Waals surface area contributed by atoms with Crippen LogP contribution in [0.5, 0.6) is 0 Å². The summed E-state index contributed by atoms with van der Waals surface area (Å²) in [5.74, 6) is 0.693. The number of amides is 1. The number of hydrogen-bond acceptors (Lipinski definition) is 2. The molecule has 3 heteroatoms. The van der Waals surface area contributed by atoms with Crippen molar-refractivity contribution in [2.75, 3.05) is 6.54 Å². The number of hydrogen-bond donors (Lipinski definition) is 2. The van der Waals surface area contributed by atoms with E-state index in [2.05, 4.69) is 5.32 Å². The van der Waals surface area contributed by atoms with Crippen LogP contribution >= 0.6 is 0 Å². The summed E-state index contributed by atoms with van der Waals surface area (Å²) in [4.78, 5) is 11.5. The van der Waals surface area contributed by atoms with Crippen molar-refractivity contribution >= 4 is 5.91 Å². The zero-order chi connectivity index (χ0) is 9.90. The Morgan fingerprint density at radius 2 is 2.23 bits per heavy atom. The third-order valence-electron chi connectivity index (χ3n) is 3.03. The molecule has 1 amide bonds. The van der Waals surface area contributed by atoms with Crippen molar-refractivity contribution in [1.29, 1.82) is 0 Å². The molecule has 13 heavy (non-hydrogen) atoms. The standard InChI is InChI=1S/C10H20N2O/c1-3-10(2,11)9(13)12-7-8-5-4-6-8/h8H,3-7,11H2,1-2H3,(H,12,13). The Balaban J connectivity index is 2.23. The van der Waals surface area contributed by atoms with E-state index in [0.717, 1.165) is 6.54 Å². The Bertz CT molecular complexity index is 185. The van der Waals surface area contributed by atoms with Crippen LogP contribution in [0.2, 0.25) is 0 Å². The van der Waals surface area contributed by atoms with Gasteiger partial charge in [0.2, 0.25) is 5.91 Å². The van der Waals surface area contributed by atoms with Crippen molar-refractivity contribution in [1.82, 2.24) is 5.32 Å². The van der Waals surface area contributed by atoms with E-state index in [0.29, 0.717) is 12.3 Å². The van der Waals surface area contributed by atoms with Crippen LogP contribution in [-0.4, -0.2) is 18.0 Å². The highest BCUT2D eigenvalue weighted by Gasteiger charge is 2.27. The van der Waals surface area contributed by atoms with Gasteiger partial charge < -0.3 is 11.1 Å². The average molecular weight is 184 g/mol. The van der Waals surface area contributed by atoms with Gasteiger partial charge in [-0.05, 0) is 32.1 Å². The minimum Gasteiger partial charge on any atom is -0.354 e. The molecule has 1 saturated carbocycles. The zero-order valence-corrected chi connectivity index (χ0v) is 8.60. The fourth-order valence-corrected chi connectivity index (χ4v) is 1.30. The van der Waals surface area contributed by atoms with E-state index in [1.807, 2.05) is 6.92 Å². The van der Waals surface area contributed by atoms with Crippen LogP contribution in [-0.2, 0) is 4.79 Å². The molecule has 3 N–H and O–H groups in total. The van der Waals surface area contributed by atoms with Crippen molar-refractivity contribution in [2.45, 2.75) is 45.1 Å². The minimum atomic E-state index is -0.691. The van der Waals surface area contributed by atoms with Gasteiger partial charge in [-0.2, -0.15) is 0 Å². The lowest BCUT2D eigenvalue weighted by Crippen LogP contribution is -2.52. The lowest BCUT2D eigenvalue weighted by atomic mass is 9.85. The molecule has 0 spiro atoms. The third-order valence-corrected chi connectivity index (χ3v) is 3.03. The van der Waals surface area contributed by atoms with Crippen molar-refractivity contribution in [2.24, 2.45) is 11.7 Å². The van der Waals surface area contributed by atoms with Gasteiger partial charge in [0.25, 0.3) is 0 Å². The first-order valence-electron chi connectivity index (χ1n) is 5.13. The van der Waals surface area contributed by atoms with Crippen LogP contribution in [0.3, 0.4) is 0 Å². The Morgan fingerprint density at radius 1 is 1.62 bits per heavy atom. The summed E-state index contributed by atoms with van der Waals surface area (Å²) < 4.78 is 0. The number of carbonyl (C=O) groups excluding carboxylic acids is 1. The van der Waals surface area contributed by atoms with Gasteiger partial charge in [0.05, 0.1) is 5.54 Å². The summed E-state index contributed by atoms with van der Waals surface area (Å²) in [5.41, 5.74) is 5.10. The SMILES string of the molecule is CCC(C)(N)C(=O)NCC1CCC1. The van der Waals surface area contributed by atoms with Crippen LogP contribution in [0.1, 0.15) is 39.5 Å². The van der Waals surface area contributed by atoms with Gasteiger partial charge in [-0.25, -0.2) is 0 Å². The molecular formula is C10H20N2O. The maximum absolute atomic E-state index is 11.5. The second kappa shape index (κ2) is 4.09. The van der Waals surface area contributed by atoms with Gasteiger partial charge in [0.15, 0.2) is 0 Å². The molecule has 1 rings (SSSR count). The lowest BCUT2D eigenvalue weighted by molar-refractivity contribution is -0.126. The first-order valence-corrected chi connectivity index (χ1v) is 5.13. The fraction of sp³-hybridized carbons (Fsp3) is 0.900. The second-order valence-corrected chi connectivity index (χ2v) is 4.28. The van der Waals surface area contributed by atoms with Crippen molar-refractivity contribution < 1.29 is 4.79 Å². The highest BCUT2D eigenvalue weighted by Crippen LogP contribution is 2.25. The lowest BCUT2D eigenvalue weighted by Gasteiger charge is -2.28. The molecule has 0 aliphatic heterocycles. The molecule has 1 unspecified atom stereocenters. The van der Waals surface area contributed by atoms with Crippen LogP contribution in [0.25, 0.3) is 0 Å². The van der Waals surface area contributed by atoms with E-state index in [1.165, 1.54) is 19.3 Å². The maximum atomic E-state index is 11.5. The van der Waals surface area contributed by atoms with Gasteiger partial charge in [-0.3, -0.25) is 4.79 Å². The quantitative estimate of drug-likeness (QED) is 0.685. The van der Waals surface area contributed by atoms with E-state index in [1.54, 1.807) is 6.92 Å². The molecule has 76 valence electrons. The molecule has 1 fully saturated rings. The van der Waals surface area contributed by atoms with Crippen LogP contribution in [0.4, 0.5) is 0 Å². The smallest absolute Gasteiger partial charge is 0.239 e. The number of carbonyl (C=O) groups is 1. The van der Waals surface area contributed by atoms with Gasteiger partial charge >= 0.3 is 0 Å². The average Bonchev–Trinajstić information content (AvgIpc) is 2.01. The number of nitrogens with two attached hydrogens (primary N) is 1. The summed E-state index contributed by atoms with van der Waals surface area (Å²) in [6.45, 7) is 4.53. The maximum Gasteiger partial charge on any atom is 0.239 e. The highest BCUT2D eigenvalue weighted by molar-refractivity contribution is 5.85. The van der Waals surface area contributed by atoms with Crippen molar-refractivity contribution in [3.63, 3.8) is 0 Å². The molecule has 0 bridgehead atoms. The van der Waals surface area contributed by atoms with Crippen molar-refractivity contribution in [3.05, 3.63) is 0 Å². The van der Waals surface area contributed by atoms with Crippen LogP contribution < -0.4 is 11.1 Å². The summed E-state index contributed by atoms with van der Waals surface area (Å²) in [7, 11) is 0. The van der Waals surface area contributed by atoms with E-state index >= 15 is 0 Å². The summed E-state index contributed by atoms with van der Waals surface area (Å²) in [6, 6.07) is 0. The van der Waals surface area contributed by atoms with E-state index < -0.39 is 5.54 Å². The predicted molar refractivity (Wildman–Crippen MR) is 53.2 cm³/mol. The van der Waals surface area contributed by atoms with E-state index in [4.69, 9.17) is 5.73 Å². The van der Waals surface area contributed by atoms with E-state index in [-0.39, 0.29) is 5.91 Å². The molecular weight excluding hydrogens is 164 g/mol. The molecule has 0 saturated heterocycles. The topological polar surface area (TPSA) is 55.1 Å². The zero-order valence-electron chi connectivity index (χ0n) is 8.60. The molecule has 0 aromatic rings. The molecule has 3 nitrogen and oxygen atoms in total. The Hall–Kier alpha value is -0.570. The first-order chi connectivity index (χ1) is 6.06. The molecule has 1 atom stereocenters. The van der Waals surface area contributed by atoms with Gasteiger partial charge in [0, 0.05) is 6.54 Å². The Morgan fingerprint density at radius 3 is 2.62 bits per heavy atom. The minimum absolute atomic E-state index is 0.0121. The number of rotatable bonds is 4. The predicted octanol–water partition coefficient (Wildman–Crippen LogP) is 1.03. The molecule has 1 aliphatic carbocycles. The number of nitrogens with one attached hydrogen (secondary N) is 1. The normalized spacial score (nSPS) is 21.8. The molecule has 0 radical (unpaired) electrons. The summed E-state index contributed by atoms with van der Waals surface area (Å²) >= 11 is 0. The first kappa shape index (κ1) is 10.5. The van der Waals surface area contributed by atoms with E-state index in [9.17, 15) is 4.79 Å². The highest BCUT2D eigenvalue weighted by atomic mass is 16.2. The summed E-state index contributed by atoms with van der Waals surface area (Å²) in [5, 5.41) is 2.91. The fourth-order valence-electron chi connectivity index (χ4n) is 1.30. The monoisotopic (exact) mass is 184 g/mol. The Kier molecular flexibility index (Phi) is 3.31. The van der Waals surface area contributed by atoms with Crippen LogP contribution in [0.15, 0.2) is 0 Å². The molecule has 0 aromatic carbocycles. The van der Waals surface area contributed by atoms with Crippen molar-refractivity contribution in [3.8, 4) is 0 Å². The van der Waals surface area contributed by atoms with Crippen LogP contribution in [0, 0.1) is 5.92 Å². The Labute approximate surface area is 80.1 Å². The summed E-state index contributed by atoms with van der Waals surface area (Å²) in [6.07, 6.45) is 4.51. The molecule has 0 heterocycles. The molecule has 1 aliphatic rings. The third kappa shape index (κ3) is 2.69. The molecule has 0 aromatic heterocycles. The van der Waals surface area contributed by atoms with Gasteiger partial charge in [-0.1, -0.05) is 13.3 Å². The second-order valence-electron chi connectivity index (χ2n) is 4.28. The largest absolute Gasteiger partial charge is 0.354 e.